The third-order valence-corrected chi connectivity index (χ3v) is 5.42. The molecule has 0 aromatic carbocycles. The van der Waals surface area contributed by atoms with E-state index in [2.05, 4.69) is 9.97 Å². The van der Waals surface area contributed by atoms with Crippen LogP contribution in [-0.4, -0.2) is 52.1 Å². The second-order valence-corrected chi connectivity index (χ2v) is 7.49. The summed E-state index contributed by atoms with van der Waals surface area (Å²) in [7, 11) is 0. The van der Waals surface area contributed by atoms with Crippen molar-refractivity contribution in [2.75, 3.05) is 23.0 Å². The molecule has 0 unspecified atom stereocenters. The van der Waals surface area contributed by atoms with Crippen molar-refractivity contribution < 1.29 is 22.3 Å². The molecule has 8 nitrogen and oxygen atoms in total. The van der Waals surface area contributed by atoms with Crippen molar-refractivity contribution in [2.45, 2.75) is 58.0 Å². The van der Waals surface area contributed by atoms with Gasteiger partial charge in [0.25, 0.3) is 5.56 Å². The highest BCUT2D eigenvalue weighted by atomic mass is 19.4. The molecule has 29 heavy (non-hydrogen) atoms. The largest absolute Gasteiger partial charge is 0.432 e. The van der Waals surface area contributed by atoms with Crippen molar-refractivity contribution in [3.8, 4) is 0 Å². The van der Waals surface area contributed by atoms with E-state index in [9.17, 15) is 18.0 Å². The Morgan fingerprint density at radius 2 is 1.90 bits per heavy atom. The zero-order valence-corrected chi connectivity index (χ0v) is 16.3. The molecule has 158 valence electrons. The highest BCUT2D eigenvalue weighted by Gasteiger charge is 2.49. The quantitative estimate of drug-likeness (QED) is 0.749. The summed E-state index contributed by atoms with van der Waals surface area (Å²) in [5.41, 5.74) is 0.0280. The minimum absolute atomic E-state index is 0.0791. The van der Waals surface area contributed by atoms with Gasteiger partial charge in [-0.2, -0.15) is 18.2 Å². The van der Waals surface area contributed by atoms with Crippen LogP contribution in [0, 0.1) is 6.92 Å². The number of oxazole rings is 1. The fourth-order valence-corrected chi connectivity index (χ4v) is 4.07. The number of hydrogen-bond donors (Lipinski definition) is 0. The first-order valence-corrected chi connectivity index (χ1v) is 9.43. The van der Waals surface area contributed by atoms with E-state index in [-0.39, 0.29) is 42.6 Å². The van der Waals surface area contributed by atoms with E-state index in [0.29, 0.717) is 24.6 Å². The number of fused-ring (bicyclic) bond motifs is 1. The molecule has 0 amide bonds. The first-order chi connectivity index (χ1) is 13.7. The molecule has 0 radical (unpaired) electrons. The summed E-state index contributed by atoms with van der Waals surface area (Å²) in [5, 5.41) is 0. The number of hydrogen-bond acceptors (Lipinski definition) is 7. The molecule has 0 N–H and O–H groups in total. The average Bonchev–Trinajstić information content (AvgIpc) is 3.18. The maximum absolute atomic E-state index is 13.8. The highest BCUT2D eigenvalue weighted by molar-refractivity contribution is 5.57. The van der Waals surface area contributed by atoms with Crippen molar-refractivity contribution in [1.29, 1.82) is 0 Å². The van der Waals surface area contributed by atoms with Gasteiger partial charge in [-0.05, 0) is 27.2 Å². The fraction of sp³-hybridized carbons (Fsp3) is 0.611. The second-order valence-electron chi connectivity index (χ2n) is 7.49. The van der Waals surface area contributed by atoms with E-state index in [0.717, 1.165) is 4.90 Å². The number of anilines is 3. The summed E-state index contributed by atoms with van der Waals surface area (Å²) < 4.78 is 53.3. The van der Waals surface area contributed by atoms with Crippen LogP contribution >= 0.6 is 0 Å². The average molecular weight is 413 g/mol. The molecular weight excluding hydrogens is 391 g/mol. The first kappa shape index (κ1) is 19.7. The van der Waals surface area contributed by atoms with Crippen molar-refractivity contribution >= 4 is 17.8 Å². The molecule has 2 aliphatic rings. The molecule has 2 aromatic heterocycles. The van der Waals surface area contributed by atoms with E-state index < -0.39 is 12.2 Å². The molecule has 0 saturated carbocycles. The lowest BCUT2D eigenvalue weighted by Gasteiger charge is -2.42. The Balaban J connectivity index is 1.91. The van der Waals surface area contributed by atoms with Gasteiger partial charge in [0.2, 0.25) is 5.95 Å². The van der Waals surface area contributed by atoms with Gasteiger partial charge in [-0.3, -0.25) is 14.3 Å². The molecule has 2 aliphatic heterocycles. The molecule has 11 heteroatoms. The van der Waals surface area contributed by atoms with Crippen molar-refractivity contribution in [1.82, 2.24) is 14.5 Å². The summed E-state index contributed by atoms with van der Waals surface area (Å²) in [6.07, 6.45) is -2.38. The van der Waals surface area contributed by atoms with Crippen LogP contribution in [-0.2, 0) is 11.3 Å². The number of aromatic nitrogens is 3. The number of halogens is 3. The summed E-state index contributed by atoms with van der Waals surface area (Å²) >= 11 is 0. The topological polar surface area (TPSA) is 76.6 Å². The lowest BCUT2D eigenvalue weighted by Crippen LogP contribution is -2.53. The summed E-state index contributed by atoms with van der Waals surface area (Å²) in [5.74, 6) is 0.251. The minimum atomic E-state index is -4.54. The van der Waals surface area contributed by atoms with Crippen molar-refractivity contribution in [3.63, 3.8) is 0 Å². The molecule has 4 rings (SSSR count). The van der Waals surface area contributed by atoms with E-state index in [1.165, 1.54) is 17.0 Å². The number of rotatable bonds is 2. The minimum Gasteiger partial charge on any atom is -0.432 e. The van der Waals surface area contributed by atoms with Gasteiger partial charge >= 0.3 is 12.2 Å². The monoisotopic (exact) mass is 413 g/mol. The van der Waals surface area contributed by atoms with Crippen LogP contribution in [0.2, 0.25) is 0 Å². The standard InChI is InChI=1S/C18H22F3N5O3/c1-10-8-28-9-11(2)25(10)14-12(3)15(27)24-6-4-13(18(19,20)21)26(16(24)23-14)17-22-5-7-29-17/h5,7,10-11,13H,4,6,8-9H2,1-3H3/t10-,11-,13+/m1/s1. The number of nitrogens with zero attached hydrogens (tertiary/aromatic N) is 5. The number of ether oxygens (including phenoxy) is 1. The van der Waals surface area contributed by atoms with Crippen LogP contribution in [0.5, 0.6) is 0 Å². The van der Waals surface area contributed by atoms with Gasteiger partial charge in [0.15, 0.2) is 0 Å². The van der Waals surface area contributed by atoms with Gasteiger partial charge in [-0.15, -0.1) is 0 Å². The zero-order chi connectivity index (χ0) is 20.9. The predicted octanol–water partition coefficient (Wildman–Crippen LogP) is 2.63. The maximum atomic E-state index is 13.8. The normalized spacial score (nSPS) is 25.2. The van der Waals surface area contributed by atoms with Crippen molar-refractivity contribution in [3.05, 3.63) is 28.4 Å². The Morgan fingerprint density at radius 1 is 1.21 bits per heavy atom. The smallest absolute Gasteiger partial charge is 0.409 e. The van der Waals surface area contributed by atoms with Crippen LogP contribution < -0.4 is 15.4 Å². The molecule has 1 saturated heterocycles. The molecule has 0 spiro atoms. The molecule has 4 heterocycles. The first-order valence-electron chi connectivity index (χ1n) is 9.43. The van der Waals surface area contributed by atoms with Gasteiger partial charge < -0.3 is 14.1 Å². The maximum Gasteiger partial charge on any atom is 0.409 e. The Labute approximate surface area is 164 Å². The van der Waals surface area contributed by atoms with Crippen LogP contribution in [0.15, 0.2) is 21.7 Å². The Bertz CT molecular complexity index is 933. The van der Waals surface area contributed by atoms with E-state index in [1.807, 2.05) is 18.7 Å². The van der Waals surface area contributed by atoms with Gasteiger partial charge in [-0.1, -0.05) is 0 Å². The molecule has 2 aromatic rings. The van der Waals surface area contributed by atoms with E-state index in [4.69, 9.17) is 9.15 Å². The second kappa shape index (κ2) is 7.05. The SMILES string of the molecule is Cc1c(N2[C@H](C)COC[C@H]2C)nc2n(c1=O)CC[C@@H](C(F)(F)F)N2c1ncco1. The summed E-state index contributed by atoms with van der Waals surface area (Å²) in [6, 6.07) is -2.29. The Hall–Kier alpha value is -2.56. The van der Waals surface area contributed by atoms with Crippen LogP contribution in [0.3, 0.4) is 0 Å². The highest BCUT2D eigenvalue weighted by Crippen LogP contribution is 2.39. The van der Waals surface area contributed by atoms with Crippen LogP contribution in [0.4, 0.5) is 31.0 Å². The lowest BCUT2D eigenvalue weighted by molar-refractivity contribution is -0.151. The van der Waals surface area contributed by atoms with Crippen LogP contribution in [0.1, 0.15) is 25.8 Å². The fourth-order valence-electron chi connectivity index (χ4n) is 4.07. The van der Waals surface area contributed by atoms with E-state index >= 15 is 0 Å². The van der Waals surface area contributed by atoms with Gasteiger partial charge in [0, 0.05) is 6.54 Å². The van der Waals surface area contributed by atoms with Crippen LogP contribution in [0.25, 0.3) is 0 Å². The van der Waals surface area contributed by atoms with E-state index in [1.54, 1.807) is 6.92 Å². The molecule has 1 fully saturated rings. The number of alkyl halides is 3. The zero-order valence-electron chi connectivity index (χ0n) is 16.3. The Kier molecular flexibility index (Phi) is 4.80. The summed E-state index contributed by atoms with van der Waals surface area (Å²) in [4.78, 5) is 24.3. The molecule has 0 aliphatic carbocycles. The molecule has 0 bridgehead atoms. The third-order valence-electron chi connectivity index (χ3n) is 5.42. The molecular formula is C18H22F3N5O3. The third kappa shape index (κ3) is 3.26. The van der Waals surface area contributed by atoms with Gasteiger partial charge in [0.1, 0.15) is 18.1 Å². The number of morpholine rings is 1. The lowest BCUT2D eigenvalue weighted by atomic mass is 10.1. The predicted molar refractivity (Wildman–Crippen MR) is 98.6 cm³/mol. The van der Waals surface area contributed by atoms with Gasteiger partial charge in [-0.25, -0.2) is 4.98 Å². The van der Waals surface area contributed by atoms with Crippen molar-refractivity contribution in [2.24, 2.45) is 0 Å². The van der Waals surface area contributed by atoms with Gasteiger partial charge in [0.05, 0.1) is 37.1 Å². The molecule has 3 atom stereocenters. The summed E-state index contributed by atoms with van der Waals surface area (Å²) in [6.45, 7) is 6.31. The Morgan fingerprint density at radius 3 is 2.48 bits per heavy atom.